The number of allylic oxidation sites excluding steroid dienone is 3. The van der Waals surface area contributed by atoms with Crippen molar-refractivity contribution in [3.8, 4) is 0 Å². The molecular formula is C30H37N3O3. The molecule has 2 saturated heterocycles. The maximum absolute atomic E-state index is 11.5. The lowest BCUT2D eigenvalue weighted by Crippen LogP contribution is -2.67. The molecule has 36 heavy (non-hydrogen) atoms. The fourth-order valence-corrected chi connectivity index (χ4v) is 9.94. The highest BCUT2D eigenvalue weighted by Crippen LogP contribution is 2.81. The first-order valence-corrected chi connectivity index (χ1v) is 13.8. The Hall–Kier alpha value is -1.99. The quantitative estimate of drug-likeness (QED) is 0.559. The zero-order valence-electron chi connectivity index (χ0n) is 21.7. The molecule has 9 atom stereocenters. The predicted octanol–water partition coefficient (Wildman–Crippen LogP) is 3.97. The Morgan fingerprint density at radius 3 is 2.78 bits per heavy atom. The van der Waals surface area contributed by atoms with Crippen LogP contribution in [0.15, 0.2) is 35.9 Å². The van der Waals surface area contributed by atoms with Crippen LogP contribution >= 0.6 is 0 Å². The second kappa shape index (κ2) is 6.52. The third-order valence-electron chi connectivity index (χ3n) is 11.7. The van der Waals surface area contributed by atoms with E-state index in [4.69, 9.17) is 4.74 Å². The molecule has 6 aliphatic rings. The van der Waals surface area contributed by atoms with Crippen molar-refractivity contribution in [2.24, 2.45) is 22.7 Å². The van der Waals surface area contributed by atoms with Crippen molar-refractivity contribution in [1.82, 2.24) is 15.1 Å². The van der Waals surface area contributed by atoms with Gasteiger partial charge in [-0.25, -0.2) is 0 Å². The van der Waals surface area contributed by atoms with Gasteiger partial charge in [0.1, 0.15) is 0 Å². The van der Waals surface area contributed by atoms with Crippen molar-refractivity contribution in [2.75, 3.05) is 14.1 Å². The molecule has 2 aromatic rings. The van der Waals surface area contributed by atoms with Gasteiger partial charge in [0.05, 0.1) is 28.9 Å². The number of aromatic amines is 1. The Balaban J connectivity index is 1.21. The molecule has 3 heterocycles. The lowest BCUT2D eigenvalue weighted by atomic mass is 9.57. The van der Waals surface area contributed by atoms with Crippen molar-refractivity contribution in [1.29, 1.82) is 0 Å². The SMILES string of the molecule is Cc1[nH]nc2ccc(C3=CCC4C3(C)CC=C3C5CC56C(O)C(O)C(N(C)C)CC65CCC34O5)cc12. The largest absolute Gasteiger partial charge is 0.390 e. The van der Waals surface area contributed by atoms with Gasteiger partial charge in [0, 0.05) is 33.9 Å². The maximum Gasteiger partial charge on any atom is 0.0961 e. The predicted molar refractivity (Wildman–Crippen MR) is 138 cm³/mol. The summed E-state index contributed by atoms with van der Waals surface area (Å²) in [5.74, 6) is 0.751. The number of nitrogens with zero attached hydrogens (tertiary/aromatic N) is 2. The summed E-state index contributed by atoms with van der Waals surface area (Å²) >= 11 is 0. The van der Waals surface area contributed by atoms with Gasteiger partial charge in [-0.1, -0.05) is 25.1 Å². The summed E-state index contributed by atoms with van der Waals surface area (Å²) in [5.41, 5.74) is 5.46. The van der Waals surface area contributed by atoms with Crippen LogP contribution in [0.4, 0.5) is 0 Å². The van der Waals surface area contributed by atoms with Crippen molar-refractivity contribution in [3.63, 3.8) is 0 Å². The Bertz CT molecular complexity index is 1380. The van der Waals surface area contributed by atoms with Gasteiger partial charge < -0.3 is 19.8 Å². The van der Waals surface area contributed by atoms with E-state index in [-0.39, 0.29) is 28.1 Å². The minimum absolute atomic E-state index is 0.0168. The summed E-state index contributed by atoms with van der Waals surface area (Å²) in [6.45, 7) is 4.55. The van der Waals surface area contributed by atoms with Crippen molar-refractivity contribution < 1.29 is 14.9 Å². The number of hydrogen-bond donors (Lipinski definition) is 3. The number of H-pyrrole nitrogens is 1. The molecule has 4 aliphatic carbocycles. The van der Waals surface area contributed by atoms with Crippen LogP contribution in [0.25, 0.3) is 16.5 Å². The second-order valence-corrected chi connectivity index (χ2v) is 13.2. The van der Waals surface area contributed by atoms with Crippen LogP contribution in [0, 0.1) is 29.6 Å². The summed E-state index contributed by atoms with van der Waals surface area (Å²) in [6.07, 6.45) is 9.34. The van der Waals surface area contributed by atoms with Gasteiger partial charge in [-0.3, -0.25) is 5.10 Å². The van der Waals surface area contributed by atoms with Crippen LogP contribution in [0.2, 0.25) is 0 Å². The Morgan fingerprint density at radius 1 is 1.14 bits per heavy atom. The van der Waals surface area contributed by atoms with Crippen LogP contribution in [-0.2, 0) is 4.74 Å². The molecule has 2 aliphatic heterocycles. The minimum atomic E-state index is -0.726. The number of nitrogens with one attached hydrogen (secondary N) is 1. The smallest absolute Gasteiger partial charge is 0.0961 e. The molecule has 0 amide bonds. The zero-order valence-corrected chi connectivity index (χ0v) is 21.7. The van der Waals surface area contributed by atoms with Gasteiger partial charge in [-0.15, -0.1) is 0 Å². The van der Waals surface area contributed by atoms with Gasteiger partial charge in [0.15, 0.2) is 0 Å². The molecule has 9 unspecified atom stereocenters. The number of likely N-dealkylation sites (N-methyl/N-ethyl adjacent to an activating group) is 1. The van der Waals surface area contributed by atoms with E-state index >= 15 is 0 Å². The highest BCUT2D eigenvalue weighted by Gasteiger charge is 2.84. The van der Waals surface area contributed by atoms with E-state index < -0.39 is 12.2 Å². The van der Waals surface area contributed by atoms with Crippen molar-refractivity contribution in [3.05, 3.63) is 47.2 Å². The molecule has 8 rings (SSSR count). The van der Waals surface area contributed by atoms with Gasteiger partial charge >= 0.3 is 0 Å². The van der Waals surface area contributed by atoms with Crippen LogP contribution in [0.3, 0.4) is 0 Å². The molecule has 190 valence electrons. The average Bonchev–Trinajstić information content (AvgIpc) is 3.16. The average molecular weight is 488 g/mol. The Morgan fingerprint density at radius 2 is 1.97 bits per heavy atom. The number of rotatable bonds is 2. The minimum Gasteiger partial charge on any atom is -0.390 e. The van der Waals surface area contributed by atoms with Gasteiger partial charge in [0.25, 0.3) is 0 Å². The molecule has 2 saturated carbocycles. The van der Waals surface area contributed by atoms with E-state index in [1.807, 2.05) is 14.1 Å². The zero-order chi connectivity index (χ0) is 24.8. The number of fused-ring (bicyclic) bond motifs is 3. The summed E-state index contributed by atoms with van der Waals surface area (Å²) in [6, 6.07) is 6.62. The first-order valence-electron chi connectivity index (χ1n) is 13.8. The summed E-state index contributed by atoms with van der Waals surface area (Å²) in [4.78, 5) is 2.08. The lowest BCUT2D eigenvalue weighted by molar-refractivity contribution is -0.248. The first-order chi connectivity index (χ1) is 17.2. The van der Waals surface area contributed by atoms with Crippen molar-refractivity contribution in [2.45, 2.75) is 81.8 Å². The molecule has 1 aromatic carbocycles. The molecule has 0 radical (unpaired) electrons. The molecular weight excluding hydrogens is 450 g/mol. The fraction of sp³-hybridized carbons (Fsp3) is 0.633. The van der Waals surface area contributed by atoms with Gasteiger partial charge in [0.2, 0.25) is 0 Å². The fourth-order valence-electron chi connectivity index (χ4n) is 9.94. The summed E-state index contributed by atoms with van der Waals surface area (Å²) < 4.78 is 7.45. The van der Waals surface area contributed by atoms with E-state index in [0.717, 1.165) is 49.7 Å². The number of aryl methyl sites for hydroxylation is 1. The number of benzene rings is 1. The van der Waals surface area contributed by atoms with Crippen LogP contribution in [-0.4, -0.2) is 68.9 Å². The van der Waals surface area contributed by atoms with E-state index in [0.29, 0.717) is 11.8 Å². The molecule has 4 fully saturated rings. The Labute approximate surface area is 212 Å². The number of aliphatic hydroxyl groups excluding tert-OH is 2. The summed E-state index contributed by atoms with van der Waals surface area (Å²) in [7, 11) is 4.03. The molecule has 3 spiro atoms. The highest BCUT2D eigenvalue weighted by molar-refractivity contribution is 5.87. The van der Waals surface area contributed by atoms with Crippen LogP contribution < -0.4 is 0 Å². The van der Waals surface area contributed by atoms with E-state index in [1.165, 1.54) is 22.1 Å². The Kier molecular flexibility index (Phi) is 3.99. The number of aliphatic hydroxyl groups is 2. The van der Waals surface area contributed by atoms with Crippen molar-refractivity contribution >= 4 is 16.5 Å². The number of aromatic nitrogens is 2. The highest BCUT2D eigenvalue weighted by atomic mass is 16.5. The first kappa shape index (κ1) is 22.0. The standard InChI is InChI=1S/C30H37N3O3/c1-16-18-13-17(5-7-22(18)32-31-16)19-6-8-24-27(19,2)10-9-20-21-14-29(21)26(35)25(34)23(33(3)4)15-28(29)11-12-30(20,24)36-28/h5-7,9,13,21,23-26,34-35H,8,10-12,14-15H2,1-4H3,(H,31,32). The molecule has 2 bridgehead atoms. The molecule has 6 nitrogen and oxygen atoms in total. The molecule has 6 heteroatoms. The normalized spacial score (nSPS) is 48.2. The number of hydrogen-bond acceptors (Lipinski definition) is 5. The number of ether oxygens (including phenoxy) is 1. The monoisotopic (exact) mass is 487 g/mol. The van der Waals surface area contributed by atoms with E-state index in [1.54, 1.807) is 0 Å². The third kappa shape index (κ3) is 2.25. The maximum atomic E-state index is 11.5. The van der Waals surface area contributed by atoms with Gasteiger partial charge in [-0.05, 0) is 94.3 Å². The summed E-state index contributed by atoms with van der Waals surface area (Å²) in [5, 5.41) is 31.4. The van der Waals surface area contributed by atoms with Crippen LogP contribution in [0.1, 0.15) is 56.7 Å². The van der Waals surface area contributed by atoms with E-state index in [9.17, 15) is 10.2 Å². The van der Waals surface area contributed by atoms with E-state index in [2.05, 4.69) is 59.3 Å². The van der Waals surface area contributed by atoms with Gasteiger partial charge in [-0.2, -0.15) is 5.10 Å². The topological polar surface area (TPSA) is 81.6 Å². The molecule has 1 aromatic heterocycles. The third-order valence-corrected chi connectivity index (χ3v) is 11.7. The lowest BCUT2D eigenvalue weighted by Gasteiger charge is -2.59. The second-order valence-electron chi connectivity index (χ2n) is 13.2. The van der Waals surface area contributed by atoms with Crippen LogP contribution in [0.5, 0.6) is 0 Å². The molecule has 3 N–H and O–H groups in total.